The van der Waals surface area contributed by atoms with E-state index >= 15 is 0 Å². The fraction of sp³-hybridized carbons (Fsp3) is 1.00. The molecule has 108 valence electrons. The highest BCUT2D eigenvalue weighted by Gasteiger charge is 2.27. The van der Waals surface area contributed by atoms with Crippen molar-refractivity contribution in [2.75, 3.05) is 26.0 Å². The van der Waals surface area contributed by atoms with Crippen molar-refractivity contribution >= 4 is 11.8 Å². The van der Waals surface area contributed by atoms with Crippen LogP contribution in [-0.2, 0) is 4.74 Å². The van der Waals surface area contributed by atoms with E-state index in [0.717, 1.165) is 11.8 Å². The Labute approximate surface area is 111 Å². The van der Waals surface area contributed by atoms with Gasteiger partial charge in [-0.1, -0.05) is 0 Å². The van der Waals surface area contributed by atoms with Gasteiger partial charge in [0.05, 0.1) is 0 Å². The average Bonchev–Trinajstić information content (AvgIpc) is 2.33. The fourth-order valence-corrected chi connectivity index (χ4v) is 2.91. The summed E-state index contributed by atoms with van der Waals surface area (Å²) in [5, 5.41) is 4.18. The molecule has 0 aliphatic heterocycles. The summed E-state index contributed by atoms with van der Waals surface area (Å²) in [7, 11) is 0. The molecule has 0 radical (unpaired) electrons. The number of hydrogen-bond donors (Lipinski definition) is 1. The van der Waals surface area contributed by atoms with Crippen LogP contribution in [0.25, 0.3) is 0 Å². The summed E-state index contributed by atoms with van der Waals surface area (Å²) in [5.41, 5.74) is 0. The van der Waals surface area contributed by atoms with E-state index in [1.54, 1.807) is 0 Å². The zero-order valence-corrected chi connectivity index (χ0v) is 11.6. The van der Waals surface area contributed by atoms with Crippen molar-refractivity contribution in [1.29, 1.82) is 0 Å². The van der Waals surface area contributed by atoms with Crippen LogP contribution in [0.3, 0.4) is 0 Å². The van der Waals surface area contributed by atoms with E-state index in [-0.39, 0.29) is 6.61 Å². The lowest BCUT2D eigenvalue weighted by atomic mass is 9.95. The molecule has 0 amide bonds. The maximum Gasteiger partial charge on any atom is 0.411 e. The third-order valence-corrected chi connectivity index (χ3v) is 4.31. The highest BCUT2D eigenvalue weighted by atomic mass is 32.2. The van der Waals surface area contributed by atoms with E-state index in [0.29, 0.717) is 12.5 Å². The van der Waals surface area contributed by atoms with Gasteiger partial charge in [0.1, 0.15) is 6.61 Å². The van der Waals surface area contributed by atoms with Gasteiger partial charge in [-0.3, -0.25) is 0 Å². The minimum atomic E-state index is -4.20. The predicted octanol–water partition coefficient (Wildman–Crippen LogP) is 3.22. The first kappa shape index (κ1) is 16.1. The molecule has 1 aliphatic rings. The van der Waals surface area contributed by atoms with Crippen molar-refractivity contribution in [3.8, 4) is 0 Å². The molecule has 2 nitrogen and oxygen atoms in total. The number of hydrogen-bond acceptors (Lipinski definition) is 3. The summed E-state index contributed by atoms with van der Waals surface area (Å²) in [6, 6.07) is 0.538. The molecule has 0 aromatic heterocycles. The van der Waals surface area contributed by atoms with Crippen LogP contribution in [0.2, 0.25) is 0 Å². The van der Waals surface area contributed by atoms with E-state index in [9.17, 15) is 13.2 Å². The molecule has 0 bridgehead atoms. The van der Waals surface area contributed by atoms with Gasteiger partial charge in [-0.15, -0.1) is 0 Å². The van der Waals surface area contributed by atoms with Crippen molar-refractivity contribution in [3.05, 3.63) is 0 Å². The molecule has 1 aliphatic carbocycles. The molecule has 6 heteroatoms. The number of alkyl halides is 3. The predicted molar refractivity (Wildman–Crippen MR) is 69.1 cm³/mol. The summed E-state index contributed by atoms with van der Waals surface area (Å²) in [4.78, 5) is 0. The summed E-state index contributed by atoms with van der Waals surface area (Å²) in [5.74, 6) is 0. The Hall–Kier alpha value is 0.0600. The molecule has 0 atom stereocenters. The molecule has 0 saturated heterocycles. The SMILES string of the molecule is CSC1CCC(NCCCOCC(F)(F)F)CC1. The Balaban J connectivity index is 1.93. The van der Waals surface area contributed by atoms with Gasteiger partial charge in [-0.25, -0.2) is 0 Å². The molecular weight excluding hydrogens is 263 g/mol. The quantitative estimate of drug-likeness (QED) is 0.726. The summed E-state index contributed by atoms with van der Waals surface area (Å²) in [6.45, 7) is -0.217. The van der Waals surface area contributed by atoms with E-state index in [2.05, 4.69) is 16.3 Å². The maximum atomic E-state index is 11.8. The number of rotatable bonds is 7. The van der Waals surface area contributed by atoms with Gasteiger partial charge in [-0.2, -0.15) is 24.9 Å². The maximum absolute atomic E-state index is 11.8. The van der Waals surface area contributed by atoms with Crippen LogP contribution in [0.4, 0.5) is 13.2 Å². The van der Waals surface area contributed by atoms with Crippen LogP contribution in [-0.4, -0.2) is 43.5 Å². The molecule has 18 heavy (non-hydrogen) atoms. The number of thioether (sulfide) groups is 1. The Kier molecular flexibility index (Phi) is 7.41. The second-order valence-electron chi connectivity index (χ2n) is 4.68. The third kappa shape index (κ3) is 7.48. The molecule has 0 spiro atoms. The van der Waals surface area contributed by atoms with Gasteiger partial charge >= 0.3 is 6.18 Å². The van der Waals surface area contributed by atoms with E-state index < -0.39 is 12.8 Å². The minimum absolute atomic E-state index is 0.173. The Bertz CT molecular complexity index is 218. The van der Waals surface area contributed by atoms with Gasteiger partial charge in [0, 0.05) is 17.9 Å². The minimum Gasteiger partial charge on any atom is -0.372 e. The Morgan fingerprint density at radius 1 is 1.22 bits per heavy atom. The van der Waals surface area contributed by atoms with Crippen LogP contribution in [0, 0.1) is 0 Å². The smallest absolute Gasteiger partial charge is 0.372 e. The van der Waals surface area contributed by atoms with Gasteiger partial charge < -0.3 is 10.1 Å². The van der Waals surface area contributed by atoms with E-state index in [1.165, 1.54) is 25.7 Å². The highest BCUT2D eigenvalue weighted by molar-refractivity contribution is 7.99. The molecule has 1 fully saturated rings. The molecule has 1 saturated carbocycles. The molecule has 1 N–H and O–H groups in total. The van der Waals surface area contributed by atoms with Crippen molar-refractivity contribution in [2.24, 2.45) is 0 Å². The molecule has 1 rings (SSSR count). The molecule has 0 heterocycles. The zero-order chi connectivity index (χ0) is 13.4. The van der Waals surface area contributed by atoms with Crippen molar-refractivity contribution in [2.45, 2.75) is 49.6 Å². The topological polar surface area (TPSA) is 21.3 Å². The number of nitrogens with one attached hydrogen (secondary N) is 1. The second-order valence-corrected chi connectivity index (χ2v) is 5.82. The highest BCUT2D eigenvalue weighted by Crippen LogP contribution is 2.26. The van der Waals surface area contributed by atoms with Crippen LogP contribution in [0.15, 0.2) is 0 Å². The van der Waals surface area contributed by atoms with E-state index in [4.69, 9.17) is 0 Å². The zero-order valence-electron chi connectivity index (χ0n) is 10.8. The van der Waals surface area contributed by atoms with Crippen LogP contribution < -0.4 is 5.32 Å². The Morgan fingerprint density at radius 2 is 1.89 bits per heavy atom. The normalized spacial score (nSPS) is 25.3. The largest absolute Gasteiger partial charge is 0.411 e. The lowest BCUT2D eigenvalue weighted by Crippen LogP contribution is -2.34. The molecule has 0 aromatic carbocycles. The van der Waals surface area contributed by atoms with E-state index in [1.807, 2.05) is 11.8 Å². The second kappa shape index (κ2) is 8.27. The first-order chi connectivity index (χ1) is 8.51. The summed E-state index contributed by atoms with van der Waals surface area (Å²) < 4.78 is 39.9. The van der Waals surface area contributed by atoms with Gasteiger partial charge in [0.2, 0.25) is 0 Å². The standard InChI is InChI=1S/C12H22F3NOS/c1-18-11-5-3-10(4-6-11)16-7-2-8-17-9-12(13,14)15/h10-11,16H,2-9H2,1H3. The fourth-order valence-electron chi connectivity index (χ4n) is 2.17. The van der Waals surface area contributed by atoms with Crippen LogP contribution in [0.1, 0.15) is 32.1 Å². The molecule has 0 unspecified atom stereocenters. The monoisotopic (exact) mass is 285 g/mol. The van der Waals surface area contributed by atoms with Crippen LogP contribution >= 0.6 is 11.8 Å². The van der Waals surface area contributed by atoms with Crippen molar-refractivity contribution in [1.82, 2.24) is 5.32 Å². The number of halogens is 3. The van der Waals surface area contributed by atoms with Crippen molar-refractivity contribution in [3.63, 3.8) is 0 Å². The van der Waals surface area contributed by atoms with Crippen LogP contribution in [0.5, 0.6) is 0 Å². The summed E-state index contributed by atoms with van der Waals surface area (Å²) >= 11 is 1.93. The number of ether oxygens (including phenoxy) is 1. The lowest BCUT2D eigenvalue weighted by Gasteiger charge is -2.28. The van der Waals surface area contributed by atoms with Gasteiger partial charge in [0.15, 0.2) is 0 Å². The first-order valence-corrected chi connectivity index (χ1v) is 7.70. The third-order valence-electron chi connectivity index (χ3n) is 3.17. The van der Waals surface area contributed by atoms with Gasteiger partial charge in [0.25, 0.3) is 0 Å². The lowest BCUT2D eigenvalue weighted by molar-refractivity contribution is -0.173. The first-order valence-electron chi connectivity index (χ1n) is 6.42. The van der Waals surface area contributed by atoms with Crippen molar-refractivity contribution < 1.29 is 17.9 Å². The van der Waals surface area contributed by atoms with Gasteiger partial charge in [-0.05, 0) is 44.9 Å². The molecular formula is C12H22F3NOS. The molecule has 0 aromatic rings. The average molecular weight is 285 g/mol. The Morgan fingerprint density at radius 3 is 2.44 bits per heavy atom. The summed E-state index contributed by atoms with van der Waals surface area (Å²) in [6.07, 6.45) is 3.41.